The number of nitrogens with zero attached hydrogens (tertiary/aromatic N) is 7. The van der Waals surface area contributed by atoms with Gasteiger partial charge in [0, 0.05) is 104 Å². The maximum absolute atomic E-state index is 12.5. The van der Waals surface area contributed by atoms with E-state index in [1.165, 1.54) is 36.0 Å². The summed E-state index contributed by atoms with van der Waals surface area (Å²) in [5.74, 6) is -1.56. The molecule has 38 heavy (non-hydrogen) atoms. The van der Waals surface area contributed by atoms with E-state index in [1.54, 1.807) is 54.5 Å². The number of carbonyl (C=O) groups excluding carboxylic acids is 4. The van der Waals surface area contributed by atoms with Gasteiger partial charge in [0.1, 0.15) is 19.6 Å². The molecule has 14 nitrogen and oxygen atoms in total. The Labute approximate surface area is 250 Å². The molecule has 0 N–H and O–H groups in total. The Bertz CT molecular complexity index is 902. The zero-order valence-electron chi connectivity index (χ0n) is 21.5. The van der Waals surface area contributed by atoms with Crippen LogP contribution < -0.4 is 0 Å². The summed E-state index contributed by atoms with van der Waals surface area (Å²) in [5, 5.41) is 3.45. The van der Waals surface area contributed by atoms with Gasteiger partial charge in [-0.05, 0) is 18.4 Å². The molecule has 0 spiro atoms. The summed E-state index contributed by atoms with van der Waals surface area (Å²) in [5.41, 5.74) is 8.34. The monoisotopic (exact) mass is 696 g/mol. The second-order valence-electron chi connectivity index (χ2n) is 7.56. The van der Waals surface area contributed by atoms with Crippen LogP contribution in [0.25, 0.3) is 10.4 Å². The second-order valence-corrected chi connectivity index (χ2v) is 7.56. The van der Waals surface area contributed by atoms with Gasteiger partial charge in [-0.2, -0.15) is 0 Å². The van der Waals surface area contributed by atoms with Crippen LogP contribution in [-0.2, 0) is 33.4 Å². The zero-order valence-corrected chi connectivity index (χ0v) is 23.2. The average Bonchev–Trinajstić information content (AvgIpc) is 2.89. The topological polar surface area (TPSA) is 158 Å². The number of esters is 3. The van der Waals surface area contributed by atoms with Crippen molar-refractivity contribution in [3.63, 3.8) is 0 Å². The van der Waals surface area contributed by atoms with Crippen molar-refractivity contribution in [2.45, 2.75) is 19.3 Å². The van der Waals surface area contributed by atoms with E-state index < -0.39 is 17.9 Å². The molecular formula is C23H33LuN7O7. The summed E-state index contributed by atoms with van der Waals surface area (Å²) in [7, 11) is 3.80. The van der Waals surface area contributed by atoms with E-state index >= 15 is 0 Å². The maximum atomic E-state index is 12.5. The molecular weight excluding hydrogens is 663 g/mol. The summed E-state index contributed by atoms with van der Waals surface area (Å²) in [4.78, 5) is 57.0. The number of hydrogen-bond donors (Lipinski definition) is 0. The molecule has 1 aliphatic rings. The van der Waals surface area contributed by atoms with Gasteiger partial charge in [0.15, 0.2) is 5.78 Å². The van der Waals surface area contributed by atoms with Crippen molar-refractivity contribution in [2.75, 3.05) is 54.1 Å². The molecule has 0 saturated carbocycles. The van der Waals surface area contributed by atoms with Gasteiger partial charge in [-0.1, -0.05) is 5.11 Å². The smallest absolute Gasteiger partial charge is 0.325 e. The van der Waals surface area contributed by atoms with Crippen molar-refractivity contribution < 1.29 is 70.3 Å². The maximum Gasteiger partial charge on any atom is 0.325 e. The molecule has 0 fully saturated rings. The standard InChI is InChI=1S/C23H33N7O7.Lu/c1-35-21(32)17-28-10-8-27(16-20(31)6-4-5-7-25-26-24)9-11-29(18-22(33)36-2)13-15-30(14-12-28)19-23(34)37-3;/h8-15H,4-7,16-19H2,1-3H3;/b10-8-,11-9-,14-12-,15-13?;/i;1+2. The van der Waals surface area contributed by atoms with Gasteiger partial charge in [0.2, 0.25) is 0 Å². The summed E-state index contributed by atoms with van der Waals surface area (Å²) in [6.07, 6.45) is 14.0. The number of rotatable bonds is 13. The van der Waals surface area contributed by atoms with E-state index in [0.29, 0.717) is 25.8 Å². The SMILES string of the molecule is COC(=O)CN1C=CN(CC(=O)OC)/C=C\N(CC(=O)OC)/C=C\N(CC(=O)CCCCN=[N+]=[N-])/C=C\1.[177Lu]. The number of unbranched alkanes of at least 4 members (excludes halogenated alkanes) is 1. The quantitative estimate of drug-likeness (QED) is 0.0689. The van der Waals surface area contributed by atoms with Crippen molar-refractivity contribution in [1.82, 2.24) is 19.6 Å². The molecule has 1 heterocycles. The Hall–Kier alpha value is -3.22. The minimum atomic E-state index is -0.504. The normalized spacial score (nSPS) is 15.6. The van der Waals surface area contributed by atoms with Gasteiger partial charge in [-0.25, -0.2) is 0 Å². The van der Waals surface area contributed by atoms with Crippen molar-refractivity contribution in [3.8, 4) is 0 Å². The molecule has 1 radical (unpaired) electrons. The van der Waals surface area contributed by atoms with Crippen molar-refractivity contribution in [3.05, 3.63) is 60.0 Å². The first-order chi connectivity index (χ1) is 17.8. The fourth-order valence-corrected chi connectivity index (χ4v) is 2.78. The first kappa shape index (κ1) is 34.8. The van der Waals surface area contributed by atoms with Crippen LogP contribution in [0.3, 0.4) is 0 Å². The number of carbonyl (C=O) groups is 4. The predicted molar refractivity (Wildman–Crippen MR) is 132 cm³/mol. The third-order valence-electron chi connectivity index (χ3n) is 4.80. The average molecular weight is 697 g/mol. The molecule has 0 unspecified atom stereocenters. The molecule has 0 amide bonds. The van der Waals surface area contributed by atoms with E-state index in [1.807, 2.05) is 0 Å². The van der Waals surface area contributed by atoms with Gasteiger partial charge in [-0.3, -0.25) is 19.2 Å². The van der Waals surface area contributed by atoms with Crippen LogP contribution in [0.5, 0.6) is 0 Å². The number of methoxy groups -OCH3 is 3. The first-order valence-electron chi connectivity index (χ1n) is 11.3. The molecule has 0 saturated heterocycles. The van der Waals surface area contributed by atoms with E-state index in [4.69, 9.17) is 19.7 Å². The van der Waals surface area contributed by atoms with Crippen LogP contribution in [0.4, 0.5) is 0 Å². The molecule has 15 heteroatoms. The summed E-state index contributed by atoms with van der Waals surface area (Å²) < 4.78 is 14.2. The van der Waals surface area contributed by atoms with Crippen molar-refractivity contribution in [1.29, 1.82) is 0 Å². The zero-order chi connectivity index (χ0) is 27.5. The van der Waals surface area contributed by atoms with Gasteiger partial charge >= 0.3 is 17.9 Å². The number of Topliss-reactive ketones (excluding diaryl/α,β-unsaturated/α-hetero) is 1. The van der Waals surface area contributed by atoms with Crippen LogP contribution in [0.1, 0.15) is 19.3 Å². The first-order valence-corrected chi connectivity index (χ1v) is 11.3. The van der Waals surface area contributed by atoms with E-state index in [0.717, 1.165) is 0 Å². The Morgan fingerprint density at radius 1 is 0.658 bits per heavy atom. The molecule has 0 aliphatic carbocycles. The number of ether oxygens (including phenoxy) is 3. The Balaban J connectivity index is 0.0000137. The predicted octanol–water partition coefficient (Wildman–Crippen LogP) is 1.66. The molecule has 0 atom stereocenters. The van der Waals surface area contributed by atoms with Crippen molar-refractivity contribution in [2.24, 2.45) is 5.11 Å². The Morgan fingerprint density at radius 2 is 1.00 bits per heavy atom. The van der Waals surface area contributed by atoms with Crippen LogP contribution in [0.15, 0.2) is 54.7 Å². The molecule has 1 rings (SSSR count). The Morgan fingerprint density at radius 3 is 1.32 bits per heavy atom. The third kappa shape index (κ3) is 15.8. The van der Waals surface area contributed by atoms with Crippen LogP contribution in [0.2, 0.25) is 0 Å². The number of hydrogen-bond acceptors (Lipinski definition) is 12. The van der Waals surface area contributed by atoms with Crippen LogP contribution in [0, 0.1) is 36.9 Å². The third-order valence-corrected chi connectivity index (χ3v) is 4.80. The van der Waals surface area contributed by atoms with E-state index in [-0.39, 0.29) is 68.8 Å². The van der Waals surface area contributed by atoms with Gasteiger partial charge in [-0.15, -0.1) is 0 Å². The minimum absolute atomic E-state index is 0. The molecule has 1 aliphatic heterocycles. The molecule has 0 aromatic rings. The summed E-state index contributed by atoms with van der Waals surface area (Å²) >= 11 is 0. The summed E-state index contributed by atoms with van der Waals surface area (Å²) in [6, 6.07) is 0. The number of azide groups is 1. The van der Waals surface area contributed by atoms with Gasteiger partial charge in [0.25, 0.3) is 0 Å². The molecule has 0 aromatic heterocycles. The van der Waals surface area contributed by atoms with Gasteiger partial charge < -0.3 is 33.8 Å². The Kier molecular flexibility index (Phi) is 19.0. The van der Waals surface area contributed by atoms with Crippen molar-refractivity contribution >= 4 is 23.7 Å². The van der Waals surface area contributed by atoms with Crippen LogP contribution >= 0.6 is 0 Å². The molecule has 0 aromatic carbocycles. The summed E-state index contributed by atoms with van der Waals surface area (Å²) in [6.45, 7) is -0.0366. The minimum Gasteiger partial charge on any atom is -0.468 e. The second kappa shape index (κ2) is 20.8. The molecule has 0 bridgehead atoms. The fourth-order valence-electron chi connectivity index (χ4n) is 2.78. The van der Waals surface area contributed by atoms with E-state index in [2.05, 4.69) is 10.0 Å². The fraction of sp³-hybridized carbons (Fsp3) is 0.478. The number of ketones is 1. The largest absolute Gasteiger partial charge is 0.468 e. The van der Waals surface area contributed by atoms with Crippen LogP contribution in [-0.4, -0.2) is 97.3 Å². The van der Waals surface area contributed by atoms with Gasteiger partial charge in [0.05, 0.1) is 27.9 Å². The van der Waals surface area contributed by atoms with E-state index in [9.17, 15) is 19.2 Å². The molecule has 217 valence electrons.